The number of rotatable bonds is 13. The smallest absolute Gasteiger partial charge is 0.378 e. The number of morpholine rings is 1. The van der Waals surface area contributed by atoms with Gasteiger partial charge >= 0.3 is 6.18 Å². The number of nitrogens with zero attached hydrogens (tertiary/aromatic N) is 4. The van der Waals surface area contributed by atoms with Crippen LogP contribution in [0.25, 0.3) is 0 Å². The largest absolute Gasteiger partial charge is 0.417 e. The molecule has 1 aliphatic rings. The van der Waals surface area contributed by atoms with Crippen LogP contribution in [-0.4, -0.2) is 87.4 Å². The number of alkyl halides is 3. The van der Waals surface area contributed by atoms with Gasteiger partial charge in [0.25, 0.3) is 11.8 Å². The van der Waals surface area contributed by atoms with E-state index in [0.717, 1.165) is 55.8 Å². The Morgan fingerprint density at radius 3 is 2.45 bits per heavy atom. The molecule has 0 aromatic heterocycles. The summed E-state index contributed by atoms with van der Waals surface area (Å²) >= 11 is 5.71. The van der Waals surface area contributed by atoms with E-state index >= 15 is 0 Å². The molecule has 0 aliphatic carbocycles. The maximum atomic E-state index is 13.4. The van der Waals surface area contributed by atoms with Crippen LogP contribution in [0, 0.1) is 0 Å². The van der Waals surface area contributed by atoms with Gasteiger partial charge in [0.15, 0.2) is 0 Å². The standard InChI is InChI=1S/C34H40ClF3N6O3/c1-4-43(5-2)14-13-42(3)23-25-7-6-8-26(19-25)32(45)40-31-12-10-27(44-15-17-47-18-16-44)21-28(31)33(46)41-39-22-24-9-11-30(35)29(20-24)34(36,37)38/h6-12,19-22H,4-5,13-18,23H2,1-3H3,(H,40,45)(H,41,46)/b39-22-. The van der Waals surface area contributed by atoms with Crippen molar-refractivity contribution >= 4 is 41.0 Å². The summed E-state index contributed by atoms with van der Waals surface area (Å²) in [6.07, 6.45) is -3.55. The molecule has 1 aliphatic heterocycles. The summed E-state index contributed by atoms with van der Waals surface area (Å²) in [6.45, 7) is 11.1. The fourth-order valence-electron chi connectivity index (χ4n) is 5.16. The first-order chi connectivity index (χ1) is 22.5. The minimum Gasteiger partial charge on any atom is -0.378 e. The summed E-state index contributed by atoms with van der Waals surface area (Å²) in [5, 5.41) is 6.30. The van der Waals surface area contributed by atoms with E-state index in [9.17, 15) is 22.8 Å². The lowest BCUT2D eigenvalue weighted by Gasteiger charge is -2.29. The number of anilines is 2. The highest BCUT2D eigenvalue weighted by atomic mass is 35.5. The molecule has 47 heavy (non-hydrogen) atoms. The summed E-state index contributed by atoms with van der Waals surface area (Å²) < 4.78 is 45.3. The average Bonchev–Trinajstić information content (AvgIpc) is 3.06. The molecule has 0 atom stereocenters. The number of halogens is 4. The van der Waals surface area contributed by atoms with Crippen LogP contribution in [0.1, 0.15) is 51.3 Å². The van der Waals surface area contributed by atoms with Crippen molar-refractivity contribution in [3.05, 3.63) is 93.5 Å². The quantitative estimate of drug-likeness (QED) is 0.172. The molecule has 3 aromatic rings. The zero-order valence-corrected chi connectivity index (χ0v) is 27.5. The Bertz CT molecular complexity index is 1560. The van der Waals surface area contributed by atoms with Crippen molar-refractivity contribution in [2.45, 2.75) is 26.6 Å². The van der Waals surface area contributed by atoms with Gasteiger partial charge in [0.05, 0.1) is 41.3 Å². The van der Waals surface area contributed by atoms with Gasteiger partial charge in [0.1, 0.15) is 0 Å². The first-order valence-electron chi connectivity index (χ1n) is 15.5. The van der Waals surface area contributed by atoms with Crippen LogP contribution in [0.2, 0.25) is 5.02 Å². The molecule has 1 fully saturated rings. The van der Waals surface area contributed by atoms with Gasteiger partial charge < -0.3 is 24.8 Å². The van der Waals surface area contributed by atoms with Crippen LogP contribution < -0.4 is 15.6 Å². The molecule has 0 bridgehead atoms. The molecule has 0 radical (unpaired) electrons. The van der Waals surface area contributed by atoms with Crippen molar-refractivity contribution in [2.75, 3.05) is 69.7 Å². The number of nitrogens with one attached hydrogen (secondary N) is 2. The van der Waals surface area contributed by atoms with Crippen molar-refractivity contribution in [3.8, 4) is 0 Å². The number of carbonyl (C=O) groups excluding carboxylic acids is 2. The normalized spacial score (nSPS) is 13.9. The monoisotopic (exact) mass is 672 g/mol. The third kappa shape index (κ3) is 10.3. The van der Waals surface area contributed by atoms with Crippen LogP contribution in [-0.2, 0) is 17.5 Å². The van der Waals surface area contributed by atoms with Gasteiger partial charge in [-0.15, -0.1) is 0 Å². The first kappa shape index (κ1) is 35.9. The highest BCUT2D eigenvalue weighted by Gasteiger charge is 2.33. The van der Waals surface area contributed by atoms with Gasteiger partial charge in [-0.1, -0.05) is 43.6 Å². The van der Waals surface area contributed by atoms with Gasteiger partial charge in [0.2, 0.25) is 0 Å². The Balaban J connectivity index is 1.51. The Morgan fingerprint density at radius 1 is 1.00 bits per heavy atom. The number of hydrogen-bond acceptors (Lipinski definition) is 7. The summed E-state index contributed by atoms with van der Waals surface area (Å²) in [6, 6.07) is 15.8. The molecular formula is C34H40ClF3N6O3. The zero-order chi connectivity index (χ0) is 34.0. The molecule has 0 saturated carbocycles. The summed E-state index contributed by atoms with van der Waals surface area (Å²) in [5.41, 5.74) is 4.02. The lowest BCUT2D eigenvalue weighted by molar-refractivity contribution is -0.137. The van der Waals surface area contributed by atoms with Crippen molar-refractivity contribution in [1.82, 2.24) is 15.2 Å². The topological polar surface area (TPSA) is 89.5 Å². The van der Waals surface area contributed by atoms with E-state index in [1.54, 1.807) is 18.2 Å². The van der Waals surface area contributed by atoms with Crippen molar-refractivity contribution in [3.63, 3.8) is 0 Å². The lowest BCUT2D eigenvalue weighted by Crippen LogP contribution is -2.36. The third-order valence-corrected chi connectivity index (χ3v) is 8.21. The second-order valence-electron chi connectivity index (χ2n) is 11.2. The molecule has 13 heteroatoms. The number of benzene rings is 3. The maximum absolute atomic E-state index is 13.4. The average molecular weight is 673 g/mol. The van der Waals surface area contributed by atoms with Crippen LogP contribution in [0.15, 0.2) is 65.8 Å². The van der Waals surface area contributed by atoms with Crippen LogP contribution in [0.4, 0.5) is 24.5 Å². The van der Waals surface area contributed by atoms with Gasteiger partial charge in [-0.05, 0) is 73.7 Å². The third-order valence-electron chi connectivity index (χ3n) is 7.88. The van der Waals surface area contributed by atoms with E-state index in [2.05, 4.69) is 44.4 Å². The van der Waals surface area contributed by atoms with Crippen molar-refractivity contribution in [2.24, 2.45) is 5.10 Å². The Labute approximate surface area is 278 Å². The molecule has 0 unspecified atom stereocenters. The van der Waals surface area contributed by atoms with E-state index in [1.807, 2.05) is 31.3 Å². The van der Waals surface area contributed by atoms with E-state index in [1.165, 1.54) is 6.07 Å². The molecule has 1 heterocycles. The molecule has 9 nitrogen and oxygen atoms in total. The van der Waals surface area contributed by atoms with E-state index in [0.29, 0.717) is 38.4 Å². The highest BCUT2D eigenvalue weighted by Crippen LogP contribution is 2.35. The predicted molar refractivity (Wildman–Crippen MR) is 180 cm³/mol. The Hall–Kier alpha value is -3.97. The molecular weight excluding hydrogens is 633 g/mol. The Morgan fingerprint density at radius 2 is 1.74 bits per heavy atom. The first-order valence-corrected chi connectivity index (χ1v) is 15.8. The lowest BCUT2D eigenvalue weighted by atomic mass is 10.1. The molecule has 2 amide bonds. The number of hydrogen-bond donors (Lipinski definition) is 2. The summed E-state index contributed by atoms with van der Waals surface area (Å²) in [4.78, 5) is 33.4. The number of hydrazone groups is 1. The molecule has 2 N–H and O–H groups in total. The SMILES string of the molecule is CCN(CC)CCN(C)Cc1cccc(C(=O)Nc2ccc(N3CCOCC3)cc2C(=O)N/N=C\c2ccc(Cl)c(C(F)(F)F)c2)c1. The molecule has 4 rings (SSSR count). The summed E-state index contributed by atoms with van der Waals surface area (Å²) in [5.74, 6) is -1.05. The Kier molecular flexibility index (Phi) is 12.8. The number of carbonyl (C=O) groups is 2. The van der Waals surface area contributed by atoms with Gasteiger partial charge in [0, 0.05) is 44.0 Å². The van der Waals surface area contributed by atoms with Crippen LogP contribution in [0.3, 0.4) is 0 Å². The second kappa shape index (κ2) is 16.7. The molecule has 252 valence electrons. The molecule has 1 saturated heterocycles. The fourth-order valence-corrected chi connectivity index (χ4v) is 5.39. The number of ether oxygens (including phenoxy) is 1. The number of amides is 2. The molecule has 0 spiro atoms. The highest BCUT2D eigenvalue weighted by molar-refractivity contribution is 6.31. The van der Waals surface area contributed by atoms with Crippen molar-refractivity contribution < 1.29 is 27.5 Å². The maximum Gasteiger partial charge on any atom is 0.417 e. The second-order valence-corrected chi connectivity index (χ2v) is 11.6. The van der Waals surface area contributed by atoms with Crippen LogP contribution >= 0.6 is 11.6 Å². The van der Waals surface area contributed by atoms with Gasteiger partial charge in [-0.25, -0.2) is 5.43 Å². The van der Waals surface area contributed by atoms with Crippen molar-refractivity contribution in [1.29, 1.82) is 0 Å². The van der Waals surface area contributed by atoms with Gasteiger partial charge in [-0.2, -0.15) is 18.3 Å². The fraction of sp³-hybridized carbons (Fsp3) is 0.382. The van der Waals surface area contributed by atoms with E-state index in [4.69, 9.17) is 16.3 Å². The minimum atomic E-state index is -4.64. The zero-order valence-electron chi connectivity index (χ0n) is 26.7. The minimum absolute atomic E-state index is 0.0937. The molecule has 3 aromatic carbocycles. The van der Waals surface area contributed by atoms with Gasteiger partial charge in [-0.3, -0.25) is 9.59 Å². The van der Waals surface area contributed by atoms with E-state index < -0.39 is 28.6 Å². The summed E-state index contributed by atoms with van der Waals surface area (Å²) in [7, 11) is 2.04. The number of likely N-dealkylation sites (N-methyl/N-ethyl adjacent to an activating group) is 2. The van der Waals surface area contributed by atoms with E-state index in [-0.39, 0.29) is 16.8 Å². The predicted octanol–water partition coefficient (Wildman–Crippen LogP) is 5.99. The van der Waals surface area contributed by atoms with Crippen LogP contribution in [0.5, 0.6) is 0 Å².